The van der Waals surface area contributed by atoms with Crippen LogP contribution >= 0.6 is 0 Å². The van der Waals surface area contributed by atoms with Crippen LogP contribution in [0.2, 0.25) is 0 Å². The van der Waals surface area contributed by atoms with Crippen LogP contribution in [0.15, 0.2) is 24.5 Å². The number of hydrogen-bond acceptors (Lipinski definition) is 5. The number of alkyl halides is 4. The van der Waals surface area contributed by atoms with Crippen molar-refractivity contribution in [2.75, 3.05) is 11.9 Å². The fourth-order valence-electron chi connectivity index (χ4n) is 3.06. The zero-order valence-corrected chi connectivity index (χ0v) is 15.5. The number of halogens is 4. The maximum absolute atomic E-state index is 13.0. The smallest absolute Gasteiger partial charge is 0.262 e. The molecule has 4 rings (SSSR count). The standard InChI is InChI=1S/C18H17F4N7/c1-9-26-13-4-3-12(27-16(13)29(9)7-14(19)20)10-5-23-15-11(10)6-24-17(28-15)25-8-18(2,21)22/h3-6,14H,7-8H2,1-2H3,(H2,23,24,25,28). The molecule has 0 bridgehead atoms. The number of nitrogens with one attached hydrogen (secondary N) is 2. The van der Waals surface area contributed by atoms with Crippen molar-refractivity contribution < 1.29 is 17.6 Å². The number of aryl methyl sites for hydroxylation is 1. The van der Waals surface area contributed by atoms with Gasteiger partial charge in [-0.3, -0.25) is 0 Å². The van der Waals surface area contributed by atoms with E-state index in [0.29, 0.717) is 39.3 Å². The van der Waals surface area contributed by atoms with Crippen LogP contribution < -0.4 is 5.32 Å². The molecule has 0 unspecified atom stereocenters. The van der Waals surface area contributed by atoms with E-state index in [1.54, 1.807) is 25.3 Å². The second kappa shape index (κ2) is 6.98. The van der Waals surface area contributed by atoms with E-state index in [-0.39, 0.29) is 5.95 Å². The van der Waals surface area contributed by atoms with Crippen LogP contribution in [0.5, 0.6) is 0 Å². The Balaban J connectivity index is 1.71. The van der Waals surface area contributed by atoms with Gasteiger partial charge in [0.2, 0.25) is 5.95 Å². The highest BCUT2D eigenvalue weighted by Crippen LogP contribution is 2.28. The van der Waals surface area contributed by atoms with E-state index in [4.69, 9.17) is 0 Å². The Morgan fingerprint density at radius 1 is 1.21 bits per heavy atom. The molecular weight excluding hydrogens is 390 g/mol. The molecule has 4 aromatic rings. The first-order valence-corrected chi connectivity index (χ1v) is 8.79. The molecular formula is C18H17F4N7. The summed E-state index contributed by atoms with van der Waals surface area (Å²) in [6.07, 6.45) is 0.629. The molecule has 29 heavy (non-hydrogen) atoms. The molecule has 0 radical (unpaired) electrons. The Bertz CT molecular complexity index is 1180. The van der Waals surface area contributed by atoms with Crippen LogP contribution in [0.1, 0.15) is 12.7 Å². The third-order valence-corrected chi connectivity index (χ3v) is 4.37. The van der Waals surface area contributed by atoms with Gasteiger partial charge in [0.15, 0.2) is 5.65 Å². The second-order valence-corrected chi connectivity index (χ2v) is 6.78. The fourth-order valence-corrected chi connectivity index (χ4v) is 3.06. The summed E-state index contributed by atoms with van der Waals surface area (Å²) < 4.78 is 53.2. The van der Waals surface area contributed by atoms with Crippen molar-refractivity contribution >= 4 is 28.1 Å². The summed E-state index contributed by atoms with van der Waals surface area (Å²) in [5.41, 5.74) is 2.52. The van der Waals surface area contributed by atoms with E-state index in [9.17, 15) is 17.6 Å². The van der Waals surface area contributed by atoms with Crippen molar-refractivity contribution in [1.82, 2.24) is 29.5 Å². The van der Waals surface area contributed by atoms with Gasteiger partial charge in [-0.1, -0.05) is 0 Å². The first kappa shape index (κ1) is 19.1. The maximum atomic E-state index is 13.0. The number of rotatable bonds is 6. The lowest BCUT2D eigenvalue weighted by molar-refractivity contribution is 0.0366. The van der Waals surface area contributed by atoms with Gasteiger partial charge in [-0.05, 0) is 19.1 Å². The van der Waals surface area contributed by atoms with Gasteiger partial charge in [-0.25, -0.2) is 32.5 Å². The zero-order valence-electron chi connectivity index (χ0n) is 15.5. The lowest BCUT2D eigenvalue weighted by Crippen LogP contribution is -2.23. The monoisotopic (exact) mass is 407 g/mol. The normalized spacial score (nSPS) is 12.4. The van der Waals surface area contributed by atoms with Crippen LogP contribution in [-0.4, -0.2) is 48.4 Å². The minimum atomic E-state index is -2.89. The summed E-state index contributed by atoms with van der Waals surface area (Å²) in [7, 11) is 0. The van der Waals surface area contributed by atoms with Crippen LogP contribution in [-0.2, 0) is 6.54 Å². The second-order valence-electron chi connectivity index (χ2n) is 6.78. The van der Waals surface area contributed by atoms with E-state index in [2.05, 4.69) is 30.2 Å². The Morgan fingerprint density at radius 3 is 2.72 bits per heavy atom. The Labute approximate surface area is 162 Å². The molecule has 0 aromatic carbocycles. The molecule has 11 heteroatoms. The van der Waals surface area contributed by atoms with E-state index in [1.165, 1.54) is 10.8 Å². The van der Waals surface area contributed by atoms with Gasteiger partial charge in [0.25, 0.3) is 12.3 Å². The van der Waals surface area contributed by atoms with E-state index in [1.807, 2.05) is 0 Å². The van der Waals surface area contributed by atoms with Gasteiger partial charge < -0.3 is 14.9 Å². The highest BCUT2D eigenvalue weighted by Gasteiger charge is 2.21. The molecule has 2 N–H and O–H groups in total. The van der Waals surface area contributed by atoms with Crippen LogP contribution in [0.4, 0.5) is 23.5 Å². The molecule has 0 saturated heterocycles. The topological polar surface area (TPSA) is 84.3 Å². The van der Waals surface area contributed by atoms with Gasteiger partial charge in [-0.2, -0.15) is 4.98 Å². The van der Waals surface area contributed by atoms with E-state index < -0.39 is 25.4 Å². The average Bonchev–Trinajstić information content (AvgIpc) is 3.19. The zero-order chi connectivity index (χ0) is 20.8. The predicted octanol–water partition coefficient (Wildman–Crippen LogP) is 4.01. The summed E-state index contributed by atoms with van der Waals surface area (Å²) in [4.78, 5) is 20.0. The van der Waals surface area contributed by atoms with E-state index in [0.717, 1.165) is 6.92 Å². The number of imidazole rings is 1. The molecule has 0 saturated carbocycles. The molecule has 4 heterocycles. The van der Waals surface area contributed by atoms with Crippen molar-refractivity contribution in [3.63, 3.8) is 0 Å². The Hall–Kier alpha value is -3.24. The van der Waals surface area contributed by atoms with Crippen LogP contribution in [0.25, 0.3) is 33.5 Å². The minimum Gasteiger partial charge on any atom is -0.348 e. The predicted molar refractivity (Wildman–Crippen MR) is 100 cm³/mol. The van der Waals surface area contributed by atoms with Crippen LogP contribution in [0.3, 0.4) is 0 Å². The van der Waals surface area contributed by atoms with Gasteiger partial charge in [0.05, 0.1) is 18.8 Å². The largest absolute Gasteiger partial charge is 0.348 e. The van der Waals surface area contributed by atoms with Crippen molar-refractivity contribution in [2.45, 2.75) is 32.7 Å². The first-order chi connectivity index (χ1) is 13.7. The molecule has 0 spiro atoms. The van der Waals surface area contributed by atoms with Gasteiger partial charge >= 0.3 is 0 Å². The van der Waals surface area contributed by atoms with E-state index >= 15 is 0 Å². The highest BCUT2D eigenvalue weighted by molar-refractivity contribution is 5.93. The number of hydrogen-bond donors (Lipinski definition) is 2. The molecule has 0 atom stereocenters. The molecule has 0 fully saturated rings. The van der Waals surface area contributed by atoms with Gasteiger partial charge in [0.1, 0.15) is 17.0 Å². The lowest BCUT2D eigenvalue weighted by atomic mass is 10.1. The minimum absolute atomic E-state index is 0.0708. The van der Waals surface area contributed by atoms with Crippen molar-refractivity contribution in [3.8, 4) is 11.3 Å². The number of aromatic amines is 1. The number of fused-ring (bicyclic) bond motifs is 2. The third kappa shape index (κ3) is 3.84. The molecule has 4 aromatic heterocycles. The number of nitrogens with zero attached hydrogens (tertiary/aromatic N) is 5. The molecule has 0 aliphatic heterocycles. The quantitative estimate of drug-likeness (QED) is 0.472. The molecule has 0 amide bonds. The lowest BCUT2D eigenvalue weighted by Gasteiger charge is -2.10. The Morgan fingerprint density at radius 2 is 2.00 bits per heavy atom. The highest BCUT2D eigenvalue weighted by atomic mass is 19.3. The summed E-state index contributed by atoms with van der Waals surface area (Å²) in [6, 6.07) is 3.44. The van der Waals surface area contributed by atoms with Crippen molar-refractivity contribution in [3.05, 3.63) is 30.4 Å². The average molecular weight is 407 g/mol. The molecule has 0 aliphatic rings. The third-order valence-electron chi connectivity index (χ3n) is 4.37. The summed E-state index contributed by atoms with van der Waals surface area (Å²) in [5.74, 6) is -2.37. The van der Waals surface area contributed by atoms with Gasteiger partial charge in [0, 0.05) is 30.3 Å². The number of anilines is 1. The number of pyridine rings is 1. The fraction of sp³-hybridized carbons (Fsp3) is 0.333. The molecule has 0 aliphatic carbocycles. The summed E-state index contributed by atoms with van der Waals surface area (Å²) in [6.45, 7) is 1.37. The van der Waals surface area contributed by atoms with Gasteiger partial charge in [-0.15, -0.1) is 0 Å². The Kier molecular flexibility index (Phi) is 4.59. The van der Waals surface area contributed by atoms with Crippen LogP contribution in [0, 0.1) is 6.92 Å². The van der Waals surface area contributed by atoms with Crippen molar-refractivity contribution in [1.29, 1.82) is 0 Å². The number of H-pyrrole nitrogens is 1. The van der Waals surface area contributed by atoms with Crippen molar-refractivity contribution in [2.24, 2.45) is 0 Å². The summed E-state index contributed by atoms with van der Waals surface area (Å²) >= 11 is 0. The number of aromatic nitrogens is 6. The summed E-state index contributed by atoms with van der Waals surface area (Å²) in [5, 5.41) is 3.12. The SMILES string of the molecule is Cc1nc2ccc(-c3c[nH]c4nc(NCC(C)(F)F)ncc34)nc2n1CC(F)F. The molecule has 152 valence electrons. The first-order valence-electron chi connectivity index (χ1n) is 8.79. The maximum Gasteiger partial charge on any atom is 0.262 e. The molecule has 7 nitrogen and oxygen atoms in total.